The molecule has 1 aromatic rings. The Kier molecular flexibility index (Phi) is 3.13. The molecule has 0 fully saturated rings. The van der Waals surface area contributed by atoms with Gasteiger partial charge in [-0.3, -0.25) is 0 Å². The number of thiocarbonyl (C=S) groups is 1. The molecular weight excluding hydrogens is 227 g/mol. The highest BCUT2D eigenvalue weighted by atomic mass is 32.1. The van der Waals surface area contributed by atoms with E-state index in [0.29, 0.717) is 5.56 Å². The summed E-state index contributed by atoms with van der Waals surface area (Å²) in [5, 5.41) is 2.51. The van der Waals surface area contributed by atoms with E-state index in [1.54, 1.807) is 0 Å². The third kappa shape index (κ3) is 2.56. The fourth-order valence-corrected chi connectivity index (χ4v) is 1.17. The summed E-state index contributed by atoms with van der Waals surface area (Å²) >= 11 is 4.67. The van der Waals surface area contributed by atoms with Gasteiger partial charge in [-0.2, -0.15) is 13.2 Å². The number of anilines is 1. The lowest BCUT2D eigenvalue weighted by Gasteiger charge is -2.10. The van der Waals surface area contributed by atoms with Crippen LogP contribution in [-0.2, 0) is 6.18 Å². The summed E-state index contributed by atoms with van der Waals surface area (Å²) in [5.74, 6) is 0.0253. The average Bonchev–Trinajstić information content (AvgIpc) is 2.15. The van der Waals surface area contributed by atoms with Gasteiger partial charge in [-0.1, -0.05) is 12.2 Å². The zero-order chi connectivity index (χ0) is 11.6. The lowest BCUT2D eigenvalue weighted by atomic mass is 10.2. The monoisotopic (exact) mass is 235 g/mol. The van der Waals surface area contributed by atoms with Crippen LogP contribution in [0.25, 0.3) is 0 Å². The van der Waals surface area contributed by atoms with Crippen LogP contribution in [0.15, 0.2) is 12.1 Å². The van der Waals surface area contributed by atoms with Gasteiger partial charge in [0.25, 0.3) is 0 Å². The van der Waals surface area contributed by atoms with Gasteiger partial charge in [-0.05, 0) is 12.1 Å². The molecule has 0 aliphatic heterocycles. The molecule has 0 aliphatic rings. The van der Waals surface area contributed by atoms with Gasteiger partial charge in [0.05, 0.1) is 5.56 Å². The van der Waals surface area contributed by atoms with Crippen molar-refractivity contribution in [1.29, 1.82) is 0 Å². The molecule has 0 saturated heterocycles. The van der Waals surface area contributed by atoms with Crippen LogP contribution < -0.4 is 11.1 Å². The van der Waals surface area contributed by atoms with Crippen molar-refractivity contribution < 1.29 is 13.2 Å². The number of nitrogens with two attached hydrogens (primary N) is 1. The summed E-state index contributed by atoms with van der Waals surface area (Å²) < 4.78 is 36.8. The minimum Gasteiger partial charge on any atom is -0.389 e. The normalized spacial score (nSPS) is 11.2. The number of hydrogen-bond acceptors (Lipinski definition) is 3. The van der Waals surface area contributed by atoms with E-state index in [0.717, 1.165) is 6.07 Å². The van der Waals surface area contributed by atoms with Crippen LogP contribution in [0.3, 0.4) is 0 Å². The number of nitrogens with zero attached hydrogens (tertiary/aromatic N) is 1. The van der Waals surface area contributed by atoms with Crippen molar-refractivity contribution >= 4 is 23.0 Å². The van der Waals surface area contributed by atoms with Crippen molar-refractivity contribution in [2.75, 3.05) is 12.4 Å². The van der Waals surface area contributed by atoms with Gasteiger partial charge in [0, 0.05) is 7.05 Å². The molecule has 0 aliphatic carbocycles. The van der Waals surface area contributed by atoms with Crippen LogP contribution in [0, 0.1) is 0 Å². The second-order valence-corrected chi connectivity index (χ2v) is 3.14. The van der Waals surface area contributed by atoms with E-state index < -0.39 is 11.9 Å². The van der Waals surface area contributed by atoms with Crippen LogP contribution in [0.1, 0.15) is 11.3 Å². The number of rotatable bonds is 2. The summed E-state index contributed by atoms with van der Waals surface area (Å²) in [4.78, 5) is 3.38. The Balaban J connectivity index is 3.25. The van der Waals surface area contributed by atoms with Gasteiger partial charge in [-0.25, -0.2) is 4.98 Å². The van der Waals surface area contributed by atoms with Crippen molar-refractivity contribution in [3.63, 3.8) is 0 Å². The third-order valence-corrected chi connectivity index (χ3v) is 1.91. The number of halogens is 3. The summed E-state index contributed by atoms with van der Waals surface area (Å²) in [6.45, 7) is 0. The van der Waals surface area contributed by atoms with Crippen LogP contribution in [-0.4, -0.2) is 17.0 Å². The summed E-state index contributed by atoms with van der Waals surface area (Å²) in [6.07, 6.45) is -4.47. The van der Waals surface area contributed by atoms with Gasteiger partial charge >= 0.3 is 6.18 Å². The first-order valence-corrected chi connectivity index (χ1v) is 4.33. The smallest absolute Gasteiger partial charge is 0.389 e. The number of aromatic nitrogens is 1. The number of pyridine rings is 1. The first-order chi connectivity index (χ1) is 6.86. The van der Waals surface area contributed by atoms with Gasteiger partial charge < -0.3 is 11.1 Å². The molecule has 0 saturated carbocycles. The van der Waals surface area contributed by atoms with Gasteiger partial charge in [0.15, 0.2) is 0 Å². The first kappa shape index (κ1) is 11.7. The zero-order valence-electron chi connectivity index (χ0n) is 7.72. The molecule has 0 aromatic carbocycles. The van der Waals surface area contributed by atoms with E-state index >= 15 is 0 Å². The lowest BCUT2D eigenvalue weighted by Crippen LogP contribution is -2.16. The molecular formula is C8H8F3N3S. The lowest BCUT2D eigenvalue weighted by molar-refractivity contribution is -0.141. The molecule has 1 rings (SSSR count). The van der Waals surface area contributed by atoms with Crippen molar-refractivity contribution in [3.05, 3.63) is 23.4 Å². The average molecular weight is 235 g/mol. The van der Waals surface area contributed by atoms with Gasteiger partial charge in [-0.15, -0.1) is 0 Å². The quantitative estimate of drug-likeness (QED) is 0.767. The number of alkyl halides is 3. The fraction of sp³-hybridized carbons (Fsp3) is 0.250. The van der Waals surface area contributed by atoms with Crippen LogP contribution in [0.2, 0.25) is 0 Å². The fourth-order valence-electron chi connectivity index (χ4n) is 1.01. The minimum atomic E-state index is -4.47. The predicted octanol–water partition coefficient (Wildman–Crippen LogP) is 1.78. The van der Waals surface area contributed by atoms with E-state index in [1.165, 1.54) is 13.1 Å². The van der Waals surface area contributed by atoms with Crippen molar-refractivity contribution in [3.8, 4) is 0 Å². The maximum absolute atomic E-state index is 12.3. The molecule has 15 heavy (non-hydrogen) atoms. The SMILES string of the molecule is CNc1nc(C(F)(F)F)ccc1C(N)=S. The Labute approximate surface area is 89.5 Å². The van der Waals surface area contributed by atoms with Gasteiger partial charge in [0.1, 0.15) is 16.5 Å². The van der Waals surface area contributed by atoms with Crippen molar-refractivity contribution in [1.82, 2.24) is 4.98 Å². The zero-order valence-corrected chi connectivity index (χ0v) is 8.54. The van der Waals surface area contributed by atoms with Crippen LogP contribution >= 0.6 is 12.2 Å². The molecule has 0 radical (unpaired) electrons. The highest BCUT2D eigenvalue weighted by molar-refractivity contribution is 7.80. The van der Waals surface area contributed by atoms with E-state index in [9.17, 15) is 13.2 Å². The van der Waals surface area contributed by atoms with Crippen molar-refractivity contribution in [2.45, 2.75) is 6.18 Å². The number of hydrogen-bond donors (Lipinski definition) is 2. The molecule has 0 amide bonds. The minimum absolute atomic E-state index is 0.000532. The molecule has 7 heteroatoms. The Hall–Kier alpha value is -1.37. The molecule has 3 nitrogen and oxygen atoms in total. The van der Waals surface area contributed by atoms with Gasteiger partial charge in [0.2, 0.25) is 0 Å². The van der Waals surface area contributed by atoms with Crippen LogP contribution in [0.5, 0.6) is 0 Å². The van der Waals surface area contributed by atoms with E-state index in [1.807, 2.05) is 0 Å². The molecule has 0 unspecified atom stereocenters. The highest BCUT2D eigenvalue weighted by Crippen LogP contribution is 2.29. The molecule has 3 N–H and O–H groups in total. The van der Waals surface area contributed by atoms with E-state index in [-0.39, 0.29) is 10.8 Å². The molecule has 1 heterocycles. The highest BCUT2D eigenvalue weighted by Gasteiger charge is 2.33. The molecule has 0 spiro atoms. The maximum Gasteiger partial charge on any atom is 0.433 e. The predicted molar refractivity (Wildman–Crippen MR) is 54.7 cm³/mol. The Morgan fingerprint density at radius 2 is 2.07 bits per heavy atom. The summed E-state index contributed by atoms with van der Waals surface area (Å²) in [7, 11) is 1.45. The Morgan fingerprint density at radius 3 is 2.47 bits per heavy atom. The Morgan fingerprint density at radius 1 is 1.47 bits per heavy atom. The summed E-state index contributed by atoms with van der Waals surface area (Å²) in [5.41, 5.74) is 4.63. The standard InChI is InChI=1S/C8H8F3N3S/c1-13-7-4(6(12)15)2-3-5(14-7)8(9,10)11/h2-3H,1H3,(H2,12,15)(H,13,14). The first-order valence-electron chi connectivity index (χ1n) is 3.92. The third-order valence-electron chi connectivity index (χ3n) is 1.69. The second kappa shape index (κ2) is 4.01. The summed E-state index contributed by atoms with van der Waals surface area (Å²) in [6, 6.07) is 2.04. The van der Waals surface area contributed by atoms with Crippen LogP contribution in [0.4, 0.5) is 19.0 Å². The second-order valence-electron chi connectivity index (χ2n) is 2.70. The number of nitrogens with one attached hydrogen (secondary N) is 1. The molecule has 0 atom stereocenters. The largest absolute Gasteiger partial charge is 0.433 e. The topological polar surface area (TPSA) is 50.9 Å². The molecule has 0 bridgehead atoms. The molecule has 82 valence electrons. The molecule has 1 aromatic heterocycles. The van der Waals surface area contributed by atoms with E-state index in [2.05, 4.69) is 22.5 Å². The van der Waals surface area contributed by atoms with E-state index in [4.69, 9.17) is 5.73 Å². The maximum atomic E-state index is 12.3. The Bertz CT molecular complexity index is 389. The van der Waals surface area contributed by atoms with Crippen molar-refractivity contribution in [2.24, 2.45) is 5.73 Å².